The third-order valence-corrected chi connectivity index (χ3v) is 3.50. The molecule has 0 unspecified atom stereocenters. The van der Waals surface area contributed by atoms with Crippen molar-refractivity contribution in [3.63, 3.8) is 0 Å². The van der Waals surface area contributed by atoms with Gasteiger partial charge in [0.1, 0.15) is 17.8 Å². The Kier molecular flexibility index (Phi) is 4.79. The van der Waals surface area contributed by atoms with E-state index in [1.54, 1.807) is 24.5 Å². The molecule has 0 bridgehead atoms. The lowest BCUT2D eigenvalue weighted by Gasteiger charge is -2.12. The number of rotatable bonds is 6. The number of anilines is 3. The van der Waals surface area contributed by atoms with E-state index in [1.807, 2.05) is 25.1 Å². The summed E-state index contributed by atoms with van der Waals surface area (Å²) in [6.07, 6.45) is 2.94. The van der Waals surface area contributed by atoms with Gasteiger partial charge in [0.05, 0.1) is 12.8 Å². The Morgan fingerprint density at radius 2 is 1.92 bits per heavy atom. The Morgan fingerprint density at radius 1 is 1.16 bits per heavy atom. The van der Waals surface area contributed by atoms with Gasteiger partial charge < -0.3 is 15.5 Å². The molecule has 0 atom stereocenters. The molecule has 0 saturated heterocycles. The molecule has 25 heavy (non-hydrogen) atoms. The van der Waals surface area contributed by atoms with Crippen LogP contribution in [0.3, 0.4) is 0 Å². The van der Waals surface area contributed by atoms with Gasteiger partial charge in [-0.15, -0.1) is 0 Å². The summed E-state index contributed by atoms with van der Waals surface area (Å²) in [5.41, 5.74) is 13.2. The second-order valence-electron chi connectivity index (χ2n) is 5.36. The third-order valence-electron chi connectivity index (χ3n) is 3.50. The molecule has 2 heterocycles. The lowest BCUT2D eigenvalue weighted by atomic mass is 10.1. The van der Waals surface area contributed by atoms with Gasteiger partial charge in [-0.3, -0.25) is 15.6 Å². The summed E-state index contributed by atoms with van der Waals surface area (Å²) in [5, 5.41) is 3.06. The lowest BCUT2D eigenvalue weighted by molar-refractivity contribution is 0.0962. The minimum absolute atomic E-state index is 0.289. The number of hydrogen-bond donors (Lipinski definition) is 4. The smallest absolute Gasteiger partial charge is 0.269 e. The fourth-order valence-electron chi connectivity index (χ4n) is 2.11. The van der Waals surface area contributed by atoms with Crippen LogP contribution < -0.4 is 21.9 Å². The topological polar surface area (TPSA) is 118 Å². The fourth-order valence-corrected chi connectivity index (χ4v) is 2.11. The summed E-state index contributed by atoms with van der Waals surface area (Å²) in [6.45, 7) is 2.39. The summed E-state index contributed by atoms with van der Waals surface area (Å²) in [5.74, 6) is 1.21. The number of carbonyl (C=O) groups is 1. The van der Waals surface area contributed by atoms with Crippen molar-refractivity contribution in [3.05, 3.63) is 65.9 Å². The van der Waals surface area contributed by atoms with Crippen molar-refractivity contribution in [1.29, 1.82) is 0 Å². The predicted molar refractivity (Wildman–Crippen MR) is 94.7 cm³/mol. The molecular weight excluding hydrogens is 320 g/mol. The van der Waals surface area contributed by atoms with Gasteiger partial charge in [0.2, 0.25) is 0 Å². The fraction of sp³-hybridized carbons (Fsp3) is 0.118. The molecule has 8 heteroatoms. The molecule has 1 amide bonds. The standard InChI is InChI=1S/C17H18N6O2/c1-11-4-6-12(7-5-11)17(24)23-22-16-14(18)15(20-10-21-16)19-9-13-3-2-8-25-13/h2-8,10H,9,18H2,1H3,(H,23,24)(H2,19,20,21,22). The number of carbonyl (C=O) groups excluding carboxylic acids is 1. The third kappa shape index (κ3) is 4.05. The number of aromatic nitrogens is 2. The van der Waals surface area contributed by atoms with Crippen LogP contribution in [0.25, 0.3) is 0 Å². The van der Waals surface area contributed by atoms with Crippen LogP contribution in [0.2, 0.25) is 0 Å². The SMILES string of the molecule is Cc1ccc(C(=O)NNc2ncnc(NCc3ccco3)c2N)cc1. The van der Waals surface area contributed by atoms with Gasteiger partial charge in [0, 0.05) is 5.56 Å². The predicted octanol–water partition coefficient (Wildman–Crippen LogP) is 2.33. The summed E-state index contributed by atoms with van der Waals surface area (Å²) >= 11 is 0. The first kappa shape index (κ1) is 16.3. The second kappa shape index (κ2) is 7.35. The highest BCUT2D eigenvalue weighted by molar-refractivity contribution is 5.95. The van der Waals surface area contributed by atoms with Crippen molar-refractivity contribution in [2.45, 2.75) is 13.5 Å². The molecule has 0 aliphatic rings. The van der Waals surface area contributed by atoms with E-state index in [2.05, 4.69) is 26.1 Å². The number of nitrogens with one attached hydrogen (secondary N) is 3. The van der Waals surface area contributed by atoms with Gasteiger partial charge in [-0.2, -0.15) is 0 Å². The Morgan fingerprint density at radius 3 is 2.64 bits per heavy atom. The zero-order valence-corrected chi connectivity index (χ0v) is 13.6. The monoisotopic (exact) mass is 338 g/mol. The first-order valence-corrected chi connectivity index (χ1v) is 7.63. The average molecular weight is 338 g/mol. The molecule has 0 aliphatic carbocycles. The molecule has 8 nitrogen and oxygen atoms in total. The normalized spacial score (nSPS) is 10.3. The maximum absolute atomic E-state index is 12.1. The molecule has 128 valence electrons. The summed E-state index contributed by atoms with van der Waals surface area (Å²) in [6, 6.07) is 10.9. The first-order valence-electron chi connectivity index (χ1n) is 7.63. The van der Waals surface area contributed by atoms with Crippen molar-refractivity contribution in [2.24, 2.45) is 0 Å². The number of nitrogen functional groups attached to an aromatic ring is 1. The number of hydrogen-bond acceptors (Lipinski definition) is 7. The lowest BCUT2D eigenvalue weighted by Crippen LogP contribution is -2.30. The molecule has 0 radical (unpaired) electrons. The number of amides is 1. The molecule has 0 fully saturated rings. The number of hydrazine groups is 1. The zero-order valence-electron chi connectivity index (χ0n) is 13.6. The molecule has 1 aromatic carbocycles. The van der Waals surface area contributed by atoms with Crippen LogP contribution in [-0.4, -0.2) is 15.9 Å². The van der Waals surface area contributed by atoms with Crippen LogP contribution in [0.15, 0.2) is 53.4 Å². The van der Waals surface area contributed by atoms with Gasteiger partial charge in [-0.1, -0.05) is 17.7 Å². The van der Waals surface area contributed by atoms with Crippen LogP contribution in [0.4, 0.5) is 17.3 Å². The molecule has 2 aromatic heterocycles. The Hall–Kier alpha value is -3.55. The molecular formula is C17H18N6O2. The van der Waals surface area contributed by atoms with Gasteiger partial charge >= 0.3 is 0 Å². The Labute approximate surface area is 144 Å². The zero-order chi connectivity index (χ0) is 17.6. The molecule has 5 N–H and O–H groups in total. The number of furan rings is 1. The van der Waals surface area contributed by atoms with Crippen LogP contribution in [0, 0.1) is 6.92 Å². The van der Waals surface area contributed by atoms with Crippen molar-refractivity contribution in [3.8, 4) is 0 Å². The quantitative estimate of drug-likeness (QED) is 0.509. The highest BCUT2D eigenvalue weighted by Gasteiger charge is 2.10. The van der Waals surface area contributed by atoms with Crippen LogP contribution in [0.5, 0.6) is 0 Å². The van der Waals surface area contributed by atoms with Crippen molar-refractivity contribution in [2.75, 3.05) is 16.5 Å². The number of benzene rings is 1. The average Bonchev–Trinajstić information content (AvgIpc) is 3.14. The Bertz CT molecular complexity index is 846. The summed E-state index contributed by atoms with van der Waals surface area (Å²) in [7, 11) is 0. The summed E-state index contributed by atoms with van der Waals surface area (Å²) in [4.78, 5) is 20.3. The first-order chi connectivity index (χ1) is 12.1. The highest BCUT2D eigenvalue weighted by Crippen LogP contribution is 2.22. The number of aryl methyl sites for hydroxylation is 1. The highest BCUT2D eigenvalue weighted by atomic mass is 16.3. The van der Waals surface area contributed by atoms with Gasteiger partial charge in [-0.25, -0.2) is 9.97 Å². The number of nitrogens with zero attached hydrogens (tertiary/aromatic N) is 2. The van der Waals surface area contributed by atoms with E-state index in [4.69, 9.17) is 10.2 Å². The van der Waals surface area contributed by atoms with E-state index in [0.29, 0.717) is 29.4 Å². The van der Waals surface area contributed by atoms with Crippen LogP contribution >= 0.6 is 0 Å². The molecule has 0 saturated carbocycles. The van der Waals surface area contributed by atoms with E-state index in [0.717, 1.165) is 11.3 Å². The molecule has 3 aromatic rings. The van der Waals surface area contributed by atoms with E-state index in [1.165, 1.54) is 6.33 Å². The Balaban J connectivity index is 1.63. The van der Waals surface area contributed by atoms with Gasteiger partial charge in [0.15, 0.2) is 11.6 Å². The van der Waals surface area contributed by atoms with E-state index >= 15 is 0 Å². The molecule has 3 rings (SSSR count). The van der Waals surface area contributed by atoms with Crippen LogP contribution in [0.1, 0.15) is 21.7 Å². The maximum Gasteiger partial charge on any atom is 0.269 e. The molecule has 0 aliphatic heterocycles. The van der Waals surface area contributed by atoms with Crippen molar-refractivity contribution in [1.82, 2.24) is 15.4 Å². The van der Waals surface area contributed by atoms with E-state index in [-0.39, 0.29) is 5.91 Å². The van der Waals surface area contributed by atoms with Crippen LogP contribution in [-0.2, 0) is 6.54 Å². The van der Waals surface area contributed by atoms with Gasteiger partial charge in [-0.05, 0) is 31.2 Å². The maximum atomic E-state index is 12.1. The van der Waals surface area contributed by atoms with Crippen molar-refractivity contribution < 1.29 is 9.21 Å². The minimum atomic E-state index is -0.289. The largest absolute Gasteiger partial charge is 0.467 e. The summed E-state index contributed by atoms with van der Waals surface area (Å²) < 4.78 is 5.24. The number of nitrogens with two attached hydrogens (primary N) is 1. The minimum Gasteiger partial charge on any atom is -0.467 e. The van der Waals surface area contributed by atoms with Gasteiger partial charge in [0.25, 0.3) is 5.91 Å². The van der Waals surface area contributed by atoms with E-state index < -0.39 is 0 Å². The van der Waals surface area contributed by atoms with Crippen molar-refractivity contribution >= 4 is 23.2 Å². The van der Waals surface area contributed by atoms with E-state index in [9.17, 15) is 4.79 Å². The molecule has 0 spiro atoms. The second-order valence-corrected chi connectivity index (χ2v) is 5.36.